The lowest BCUT2D eigenvalue weighted by atomic mass is 10.2. The molecule has 8 nitrogen and oxygen atoms in total. The highest BCUT2D eigenvalue weighted by molar-refractivity contribution is 7.12. The number of rotatable bonds is 4. The Morgan fingerprint density at radius 1 is 1.21 bits per heavy atom. The molecule has 1 amide bonds. The Bertz CT molecular complexity index is 962. The number of nitrogens with zero attached hydrogens (tertiary/aromatic N) is 5. The van der Waals surface area contributed by atoms with Crippen molar-refractivity contribution in [1.82, 2.24) is 25.1 Å². The minimum absolute atomic E-state index is 0.00195. The summed E-state index contributed by atoms with van der Waals surface area (Å²) < 4.78 is 10.6. The molecule has 0 unspecified atom stereocenters. The number of aryl methyl sites for hydroxylation is 2. The van der Waals surface area contributed by atoms with Gasteiger partial charge in [-0.1, -0.05) is 21.9 Å². The first-order valence-electron chi connectivity index (χ1n) is 9.03. The fourth-order valence-corrected chi connectivity index (χ4v) is 4.43. The van der Waals surface area contributed by atoms with Gasteiger partial charge in [0.25, 0.3) is 11.8 Å². The van der Waals surface area contributed by atoms with Crippen LogP contribution in [0.2, 0.25) is 5.02 Å². The molecule has 1 fully saturated rings. The van der Waals surface area contributed by atoms with Gasteiger partial charge >= 0.3 is 0 Å². The molecule has 0 spiro atoms. The first-order chi connectivity index (χ1) is 13.5. The van der Waals surface area contributed by atoms with Crippen LogP contribution >= 0.6 is 22.9 Å². The molecule has 0 radical (unpaired) electrons. The van der Waals surface area contributed by atoms with Crippen molar-refractivity contribution in [3.05, 3.63) is 38.6 Å². The van der Waals surface area contributed by atoms with Crippen molar-refractivity contribution in [2.75, 3.05) is 26.2 Å². The van der Waals surface area contributed by atoms with Crippen molar-refractivity contribution in [1.29, 1.82) is 0 Å². The molecule has 0 bridgehead atoms. The summed E-state index contributed by atoms with van der Waals surface area (Å²) in [5.74, 6) is 1.69. The van der Waals surface area contributed by atoms with E-state index in [0.717, 1.165) is 30.8 Å². The largest absolute Gasteiger partial charge is 0.361 e. The van der Waals surface area contributed by atoms with E-state index in [9.17, 15) is 4.79 Å². The van der Waals surface area contributed by atoms with Crippen LogP contribution in [0.25, 0.3) is 11.5 Å². The van der Waals surface area contributed by atoms with Crippen molar-refractivity contribution in [2.45, 2.75) is 26.8 Å². The van der Waals surface area contributed by atoms with Crippen molar-refractivity contribution in [3.8, 4) is 11.5 Å². The highest BCUT2D eigenvalue weighted by Crippen LogP contribution is 2.26. The van der Waals surface area contributed by atoms with E-state index in [2.05, 4.69) is 20.2 Å². The standard InChI is InChI=1S/C18H20ClN5O3S/c1-11-15(12(2)26-21-11)17-20-14(22-27-17)10-23-5-3-6-24(8-7-23)18(25)16-13(19)4-9-28-16/h4,9H,3,5-8,10H2,1-2H3. The summed E-state index contributed by atoms with van der Waals surface area (Å²) in [4.78, 5) is 21.9. The number of thiophene rings is 1. The number of hydrogen-bond donors (Lipinski definition) is 0. The number of carbonyl (C=O) groups is 1. The van der Waals surface area contributed by atoms with E-state index in [0.29, 0.717) is 47.0 Å². The van der Waals surface area contributed by atoms with E-state index < -0.39 is 0 Å². The first kappa shape index (κ1) is 19.1. The van der Waals surface area contributed by atoms with Crippen LogP contribution in [0.5, 0.6) is 0 Å². The Labute approximate surface area is 171 Å². The zero-order valence-corrected chi connectivity index (χ0v) is 17.2. The second-order valence-electron chi connectivity index (χ2n) is 6.73. The average Bonchev–Trinajstić information content (AvgIpc) is 3.33. The topological polar surface area (TPSA) is 88.5 Å². The van der Waals surface area contributed by atoms with E-state index >= 15 is 0 Å². The maximum Gasteiger partial charge on any atom is 0.265 e. The van der Waals surface area contributed by atoms with Gasteiger partial charge in [0.2, 0.25) is 0 Å². The Morgan fingerprint density at radius 2 is 2.07 bits per heavy atom. The molecule has 1 saturated heterocycles. The summed E-state index contributed by atoms with van der Waals surface area (Å²) in [5.41, 5.74) is 1.48. The molecule has 148 valence electrons. The lowest BCUT2D eigenvalue weighted by molar-refractivity contribution is 0.0766. The van der Waals surface area contributed by atoms with Crippen LogP contribution in [0.3, 0.4) is 0 Å². The van der Waals surface area contributed by atoms with Gasteiger partial charge in [-0.3, -0.25) is 9.69 Å². The van der Waals surface area contributed by atoms with Crippen molar-refractivity contribution in [3.63, 3.8) is 0 Å². The molecule has 0 N–H and O–H groups in total. The molecular formula is C18H20ClN5O3S. The molecule has 3 aromatic heterocycles. The molecule has 1 aliphatic heterocycles. The lowest BCUT2D eigenvalue weighted by Gasteiger charge is -2.20. The fourth-order valence-electron chi connectivity index (χ4n) is 3.33. The Morgan fingerprint density at radius 3 is 2.79 bits per heavy atom. The minimum atomic E-state index is 0.00195. The number of carbonyl (C=O) groups excluding carboxylic acids is 1. The molecule has 28 heavy (non-hydrogen) atoms. The maximum atomic E-state index is 12.7. The van der Waals surface area contributed by atoms with Gasteiger partial charge < -0.3 is 13.9 Å². The van der Waals surface area contributed by atoms with E-state index in [-0.39, 0.29) is 5.91 Å². The lowest BCUT2D eigenvalue weighted by Crippen LogP contribution is -2.34. The summed E-state index contributed by atoms with van der Waals surface area (Å²) in [5, 5.41) is 10.4. The SMILES string of the molecule is Cc1noc(C)c1-c1nc(CN2CCCN(C(=O)c3sccc3Cl)CC2)no1. The summed E-state index contributed by atoms with van der Waals surface area (Å²) in [6.45, 7) is 7.17. The normalized spacial score (nSPS) is 15.8. The fraction of sp³-hybridized carbons (Fsp3) is 0.444. The summed E-state index contributed by atoms with van der Waals surface area (Å²) in [7, 11) is 0. The Balaban J connectivity index is 1.39. The third kappa shape index (κ3) is 3.82. The average molecular weight is 422 g/mol. The molecule has 0 aromatic carbocycles. The summed E-state index contributed by atoms with van der Waals surface area (Å²) >= 11 is 7.50. The van der Waals surface area contributed by atoms with Gasteiger partial charge in [0.05, 0.1) is 17.3 Å². The molecule has 1 aliphatic rings. The zero-order chi connectivity index (χ0) is 19.7. The number of amides is 1. The van der Waals surface area contributed by atoms with Crippen LogP contribution in [0.15, 0.2) is 20.5 Å². The second-order valence-corrected chi connectivity index (χ2v) is 8.06. The first-order valence-corrected chi connectivity index (χ1v) is 10.3. The summed E-state index contributed by atoms with van der Waals surface area (Å²) in [6, 6.07) is 1.76. The highest BCUT2D eigenvalue weighted by atomic mass is 35.5. The number of halogens is 1. The van der Waals surface area contributed by atoms with Gasteiger partial charge in [0.1, 0.15) is 16.2 Å². The van der Waals surface area contributed by atoms with Crippen molar-refractivity contribution >= 4 is 28.8 Å². The van der Waals surface area contributed by atoms with Crippen molar-refractivity contribution < 1.29 is 13.8 Å². The van der Waals surface area contributed by atoms with Crippen LogP contribution in [-0.2, 0) is 6.54 Å². The van der Waals surface area contributed by atoms with Gasteiger partial charge in [-0.05, 0) is 31.7 Å². The van der Waals surface area contributed by atoms with Gasteiger partial charge in [-0.25, -0.2) is 0 Å². The number of aromatic nitrogens is 3. The molecule has 3 aromatic rings. The molecule has 10 heteroatoms. The zero-order valence-electron chi connectivity index (χ0n) is 15.6. The Kier molecular flexibility index (Phi) is 5.47. The van der Waals surface area contributed by atoms with E-state index in [1.165, 1.54) is 11.3 Å². The van der Waals surface area contributed by atoms with Gasteiger partial charge in [0.15, 0.2) is 5.82 Å². The van der Waals surface area contributed by atoms with E-state index in [1.807, 2.05) is 24.1 Å². The van der Waals surface area contributed by atoms with Crippen molar-refractivity contribution in [2.24, 2.45) is 0 Å². The summed E-state index contributed by atoms with van der Waals surface area (Å²) in [6.07, 6.45) is 0.878. The molecule has 4 rings (SSSR count). The quantitative estimate of drug-likeness (QED) is 0.637. The third-order valence-electron chi connectivity index (χ3n) is 4.77. The van der Waals surface area contributed by atoms with Crippen LogP contribution in [0, 0.1) is 13.8 Å². The van der Waals surface area contributed by atoms with Gasteiger partial charge in [-0.2, -0.15) is 4.98 Å². The van der Waals surface area contributed by atoms with Gasteiger partial charge in [-0.15, -0.1) is 11.3 Å². The molecule has 0 saturated carbocycles. The smallest absolute Gasteiger partial charge is 0.265 e. The second kappa shape index (κ2) is 8.02. The van der Waals surface area contributed by atoms with Crippen LogP contribution < -0.4 is 0 Å². The molecule has 0 atom stereocenters. The number of hydrogen-bond acceptors (Lipinski definition) is 8. The van der Waals surface area contributed by atoms with Gasteiger partial charge in [0, 0.05) is 26.2 Å². The predicted molar refractivity (Wildman–Crippen MR) is 104 cm³/mol. The predicted octanol–water partition coefficient (Wildman–Crippen LogP) is 3.40. The molecular weight excluding hydrogens is 402 g/mol. The molecule has 4 heterocycles. The monoisotopic (exact) mass is 421 g/mol. The van der Waals surface area contributed by atoms with Crippen LogP contribution in [0.4, 0.5) is 0 Å². The van der Waals surface area contributed by atoms with E-state index in [4.69, 9.17) is 20.6 Å². The highest BCUT2D eigenvalue weighted by Gasteiger charge is 2.24. The Hall–Kier alpha value is -2.23. The van der Waals surface area contributed by atoms with E-state index in [1.54, 1.807) is 6.07 Å². The third-order valence-corrected chi connectivity index (χ3v) is 6.10. The van der Waals surface area contributed by atoms with Crippen LogP contribution in [-0.4, -0.2) is 57.2 Å². The molecule has 0 aliphatic carbocycles. The van der Waals surface area contributed by atoms with Crippen LogP contribution in [0.1, 0.15) is 33.4 Å². The minimum Gasteiger partial charge on any atom is -0.361 e. The maximum absolute atomic E-state index is 12.7.